The van der Waals surface area contributed by atoms with Gasteiger partial charge < -0.3 is 4.90 Å². The highest BCUT2D eigenvalue weighted by Gasteiger charge is 2.34. The summed E-state index contributed by atoms with van der Waals surface area (Å²) in [6, 6.07) is 16.5. The Kier molecular flexibility index (Phi) is 5.79. The predicted octanol–water partition coefficient (Wildman–Crippen LogP) is 3.57. The van der Waals surface area contributed by atoms with Gasteiger partial charge in [0, 0.05) is 23.7 Å². The molecule has 136 valence electrons. The number of hydrogen-bond donors (Lipinski definition) is 0. The minimum absolute atomic E-state index is 0.0124. The monoisotopic (exact) mass is 389 g/mol. The Morgan fingerprint density at radius 3 is 2.58 bits per heavy atom. The van der Waals surface area contributed by atoms with E-state index in [0.717, 1.165) is 11.1 Å². The van der Waals surface area contributed by atoms with E-state index in [1.54, 1.807) is 23.1 Å². The van der Waals surface area contributed by atoms with Gasteiger partial charge in [-0.25, -0.2) is 8.42 Å². The Hall–Kier alpha value is -2.11. The van der Waals surface area contributed by atoms with Gasteiger partial charge in [0.2, 0.25) is 5.91 Å². The lowest BCUT2D eigenvalue weighted by atomic mass is 10.1. The molecule has 0 saturated carbocycles. The molecule has 1 heterocycles. The van der Waals surface area contributed by atoms with Crippen molar-refractivity contribution in [2.45, 2.75) is 19.0 Å². The van der Waals surface area contributed by atoms with Crippen molar-refractivity contribution < 1.29 is 13.2 Å². The molecular weight excluding hydrogens is 370 g/mol. The van der Waals surface area contributed by atoms with Gasteiger partial charge in [0.15, 0.2) is 9.84 Å². The van der Waals surface area contributed by atoms with Crippen LogP contribution in [0.15, 0.2) is 60.7 Å². The van der Waals surface area contributed by atoms with Crippen LogP contribution in [0.3, 0.4) is 0 Å². The maximum atomic E-state index is 12.8. The van der Waals surface area contributed by atoms with Crippen LogP contribution >= 0.6 is 11.6 Å². The van der Waals surface area contributed by atoms with Crippen molar-refractivity contribution in [2.75, 3.05) is 11.5 Å². The molecule has 2 aromatic rings. The van der Waals surface area contributed by atoms with Gasteiger partial charge in [0.05, 0.1) is 11.5 Å². The molecule has 1 atom stereocenters. The smallest absolute Gasteiger partial charge is 0.247 e. The van der Waals surface area contributed by atoms with Crippen molar-refractivity contribution in [1.82, 2.24) is 4.90 Å². The van der Waals surface area contributed by atoms with E-state index in [4.69, 9.17) is 11.6 Å². The summed E-state index contributed by atoms with van der Waals surface area (Å²) < 4.78 is 23.8. The van der Waals surface area contributed by atoms with Gasteiger partial charge in [-0.05, 0) is 35.8 Å². The zero-order valence-electron chi connectivity index (χ0n) is 14.2. The van der Waals surface area contributed by atoms with Gasteiger partial charge in [0.25, 0.3) is 0 Å². The van der Waals surface area contributed by atoms with Gasteiger partial charge in [-0.1, -0.05) is 54.1 Å². The van der Waals surface area contributed by atoms with Crippen molar-refractivity contribution in [3.8, 4) is 0 Å². The first-order chi connectivity index (χ1) is 12.4. The van der Waals surface area contributed by atoms with Crippen LogP contribution in [0, 0.1) is 0 Å². The third-order valence-corrected chi connectivity index (χ3v) is 6.38. The van der Waals surface area contributed by atoms with Gasteiger partial charge in [0.1, 0.15) is 0 Å². The number of carbonyl (C=O) groups excluding carboxylic acids is 1. The Morgan fingerprint density at radius 1 is 1.15 bits per heavy atom. The van der Waals surface area contributed by atoms with Crippen molar-refractivity contribution in [3.05, 3.63) is 76.8 Å². The molecule has 0 aliphatic carbocycles. The summed E-state index contributed by atoms with van der Waals surface area (Å²) in [6.07, 6.45) is 3.72. The Balaban J connectivity index is 1.82. The molecule has 3 rings (SSSR count). The standard InChI is InChI=1S/C20H20ClNO3S/c21-18-8-4-7-17(13-18)14-22(19-11-12-26(24,25)15-19)20(23)10-9-16-5-2-1-3-6-16/h1-10,13,19H,11-12,14-15H2/b10-9+/t19-/m0/s1. The first kappa shape index (κ1) is 18.7. The molecule has 1 saturated heterocycles. The molecule has 0 N–H and O–H groups in total. The van der Waals surface area contributed by atoms with Crippen LogP contribution in [-0.2, 0) is 21.2 Å². The highest BCUT2D eigenvalue weighted by Crippen LogP contribution is 2.22. The zero-order chi connectivity index (χ0) is 18.6. The van der Waals surface area contributed by atoms with Gasteiger partial charge in [-0.15, -0.1) is 0 Å². The molecular formula is C20H20ClNO3S. The molecule has 0 aromatic heterocycles. The molecule has 1 aliphatic heterocycles. The SMILES string of the molecule is O=C(/C=C/c1ccccc1)N(Cc1cccc(Cl)c1)[C@H]1CCS(=O)(=O)C1. The highest BCUT2D eigenvalue weighted by molar-refractivity contribution is 7.91. The Morgan fingerprint density at radius 2 is 1.92 bits per heavy atom. The van der Waals surface area contributed by atoms with Crippen molar-refractivity contribution in [3.63, 3.8) is 0 Å². The molecule has 2 aromatic carbocycles. The van der Waals surface area contributed by atoms with E-state index in [2.05, 4.69) is 0 Å². The fourth-order valence-electron chi connectivity index (χ4n) is 3.07. The lowest BCUT2D eigenvalue weighted by Crippen LogP contribution is -2.39. The fraction of sp³-hybridized carbons (Fsp3) is 0.250. The summed E-state index contributed by atoms with van der Waals surface area (Å²) in [5.41, 5.74) is 1.80. The molecule has 1 amide bonds. The van der Waals surface area contributed by atoms with E-state index >= 15 is 0 Å². The van der Waals surface area contributed by atoms with Crippen LogP contribution in [0.5, 0.6) is 0 Å². The minimum atomic E-state index is -3.09. The van der Waals surface area contributed by atoms with E-state index in [9.17, 15) is 13.2 Å². The summed E-state index contributed by atoms with van der Waals surface area (Å²) in [5, 5.41) is 0.591. The number of nitrogens with zero attached hydrogens (tertiary/aromatic N) is 1. The van der Waals surface area contributed by atoms with Crippen LogP contribution in [-0.4, -0.2) is 36.8 Å². The van der Waals surface area contributed by atoms with Gasteiger partial charge >= 0.3 is 0 Å². The molecule has 0 radical (unpaired) electrons. The topological polar surface area (TPSA) is 54.5 Å². The molecule has 0 spiro atoms. The molecule has 26 heavy (non-hydrogen) atoms. The second kappa shape index (κ2) is 8.06. The number of hydrogen-bond acceptors (Lipinski definition) is 3. The maximum Gasteiger partial charge on any atom is 0.247 e. The van der Waals surface area contributed by atoms with Crippen LogP contribution in [0.2, 0.25) is 5.02 Å². The summed E-state index contributed by atoms with van der Waals surface area (Å²) in [5.74, 6) is -0.0614. The summed E-state index contributed by atoms with van der Waals surface area (Å²) in [7, 11) is -3.09. The highest BCUT2D eigenvalue weighted by atomic mass is 35.5. The lowest BCUT2D eigenvalue weighted by molar-refractivity contribution is -0.128. The van der Waals surface area contributed by atoms with Crippen LogP contribution in [0.1, 0.15) is 17.5 Å². The fourth-order valence-corrected chi connectivity index (χ4v) is 5.01. The molecule has 1 fully saturated rings. The molecule has 0 bridgehead atoms. The van der Waals surface area contributed by atoms with E-state index in [0.29, 0.717) is 18.0 Å². The maximum absolute atomic E-state index is 12.8. The average Bonchev–Trinajstić information content (AvgIpc) is 2.98. The first-order valence-electron chi connectivity index (χ1n) is 8.41. The van der Waals surface area contributed by atoms with E-state index in [1.165, 1.54) is 6.08 Å². The molecule has 0 unspecified atom stereocenters. The Labute approximate surface area is 159 Å². The second-order valence-corrected chi connectivity index (χ2v) is 9.06. The minimum Gasteiger partial charge on any atom is -0.331 e. The number of rotatable bonds is 5. The van der Waals surface area contributed by atoms with Crippen LogP contribution in [0.4, 0.5) is 0 Å². The number of amides is 1. The summed E-state index contributed by atoms with van der Waals surface area (Å²) >= 11 is 6.04. The van der Waals surface area contributed by atoms with E-state index in [-0.39, 0.29) is 23.5 Å². The first-order valence-corrected chi connectivity index (χ1v) is 10.6. The quantitative estimate of drug-likeness (QED) is 0.734. The van der Waals surface area contributed by atoms with Gasteiger partial charge in [-0.2, -0.15) is 0 Å². The predicted molar refractivity (Wildman–Crippen MR) is 105 cm³/mol. The average molecular weight is 390 g/mol. The normalized spacial score (nSPS) is 18.9. The van der Waals surface area contributed by atoms with Crippen molar-refractivity contribution in [1.29, 1.82) is 0 Å². The van der Waals surface area contributed by atoms with Crippen LogP contribution in [0.25, 0.3) is 6.08 Å². The third-order valence-electron chi connectivity index (χ3n) is 4.39. The number of halogens is 1. The number of carbonyl (C=O) groups is 1. The van der Waals surface area contributed by atoms with Crippen LogP contribution < -0.4 is 0 Å². The third kappa shape index (κ3) is 4.96. The number of sulfone groups is 1. The zero-order valence-corrected chi connectivity index (χ0v) is 15.8. The van der Waals surface area contributed by atoms with Crippen molar-refractivity contribution in [2.24, 2.45) is 0 Å². The van der Waals surface area contributed by atoms with Crippen molar-refractivity contribution >= 4 is 33.4 Å². The number of benzene rings is 2. The molecule has 6 heteroatoms. The van der Waals surface area contributed by atoms with E-state index < -0.39 is 9.84 Å². The largest absolute Gasteiger partial charge is 0.331 e. The Bertz CT molecular complexity index is 910. The molecule has 1 aliphatic rings. The molecule has 4 nitrogen and oxygen atoms in total. The lowest BCUT2D eigenvalue weighted by Gasteiger charge is -2.27. The summed E-state index contributed by atoms with van der Waals surface area (Å²) in [6.45, 7) is 0.332. The second-order valence-electron chi connectivity index (χ2n) is 6.40. The van der Waals surface area contributed by atoms with Gasteiger partial charge in [-0.3, -0.25) is 4.79 Å². The summed E-state index contributed by atoms with van der Waals surface area (Å²) in [4.78, 5) is 14.4. The van der Waals surface area contributed by atoms with E-state index in [1.807, 2.05) is 42.5 Å².